The van der Waals surface area contributed by atoms with Crippen LogP contribution in [0.1, 0.15) is 55.4 Å². The third kappa shape index (κ3) is 11.1. The van der Waals surface area contributed by atoms with Crippen molar-refractivity contribution in [2.24, 2.45) is 5.92 Å². The Hall–Kier alpha value is -3.71. The van der Waals surface area contributed by atoms with Crippen LogP contribution in [0.25, 0.3) is 0 Å². The van der Waals surface area contributed by atoms with Gasteiger partial charge in [0.2, 0.25) is 0 Å². The molecule has 0 radical (unpaired) electrons. The Morgan fingerprint density at radius 3 is 0.778 bits per heavy atom. The van der Waals surface area contributed by atoms with Crippen molar-refractivity contribution in [3.63, 3.8) is 0 Å². The van der Waals surface area contributed by atoms with E-state index in [0.29, 0.717) is 0 Å². The number of carbonyl (C=O) groups is 7. The van der Waals surface area contributed by atoms with Crippen molar-refractivity contribution in [1.29, 1.82) is 0 Å². The molecule has 14 nitrogen and oxygen atoms in total. The van der Waals surface area contributed by atoms with Crippen LogP contribution >= 0.6 is 0 Å². The van der Waals surface area contributed by atoms with Gasteiger partial charge in [-0.2, -0.15) is 0 Å². The smallest absolute Gasteiger partial charge is 0.347 e. The molecule has 0 saturated carbocycles. The highest BCUT2D eigenvalue weighted by atomic mass is 16.6. The van der Waals surface area contributed by atoms with Gasteiger partial charge in [0.25, 0.3) is 0 Å². The van der Waals surface area contributed by atoms with Crippen molar-refractivity contribution in [2.45, 2.75) is 92.0 Å². The topological polar surface area (TPSA) is 195 Å². The van der Waals surface area contributed by atoms with Crippen LogP contribution in [0.15, 0.2) is 0 Å². The minimum absolute atomic E-state index is 0.480. The first-order valence-electron chi connectivity index (χ1n) is 10.9. The standard InChI is InChI=1S/C22H32O14/c1-9(2)17(25)32-11(4)19(27)34-13(6)21(29)36-15(8)22(30)35-14(7)20(28)33-12(5)18(26)31-10(3)16(23)24/h9-15H,1-8H3,(H,23,24)/t10-,11-,12-,13-,14-,15-/m0/s1. The van der Waals surface area contributed by atoms with E-state index in [2.05, 4.69) is 4.74 Å². The summed E-state index contributed by atoms with van der Waals surface area (Å²) in [5.41, 5.74) is 0. The second-order valence-corrected chi connectivity index (χ2v) is 7.97. The first-order chi connectivity index (χ1) is 16.5. The van der Waals surface area contributed by atoms with Crippen molar-refractivity contribution < 1.29 is 67.1 Å². The molecule has 0 aliphatic heterocycles. The lowest BCUT2D eigenvalue weighted by molar-refractivity contribution is -0.187. The van der Waals surface area contributed by atoms with Crippen LogP contribution < -0.4 is 0 Å². The predicted molar refractivity (Wildman–Crippen MR) is 116 cm³/mol. The number of carbonyl (C=O) groups excluding carboxylic acids is 6. The van der Waals surface area contributed by atoms with Crippen molar-refractivity contribution in [3.05, 3.63) is 0 Å². The van der Waals surface area contributed by atoms with Gasteiger partial charge in [0, 0.05) is 0 Å². The van der Waals surface area contributed by atoms with E-state index >= 15 is 0 Å². The molecule has 1 N–H and O–H groups in total. The Bertz CT molecular complexity index is 848. The van der Waals surface area contributed by atoms with E-state index in [9.17, 15) is 33.6 Å². The fraction of sp³-hybridized carbons (Fsp3) is 0.682. The lowest BCUT2D eigenvalue weighted by Crippen LogP contribution is -2.39. The number of aliphatic carboxylic acids is 1. The molecule has 0 rings (SSSR count). The summed E-state index contributed by atoms with van der Waals surface area (Å²) in [7, 11) is 0. The molecule has 36 heavy (non-hydrogen) atoms. The van der Waals surface area contributed by atoms with Gasteiger partial charge in [-0.3, -0.25) is 4.79 Å². The molecular weight excluding hydrogens is 488 g/mol. The minimum atomic E-state index is -1.53. The second kappa shape index (κ2) is 14.6. The van der Waals surface area contributed by atoms with Gasteiger partial charge in [0.05, 0.1) is 5.92 Å². The third-order valence-corrected chi connectivity index (χ3v) is 4.24. The number of rotatable bonds is 13. The molecule has 0 heterocycles. The monoisotopic (exact) mass is 520 g/mol. The molecule has 0 aliphatic carbocycles. The van der Waals surface area contributed by atoms with Gasteiger partial charge in [-0.25, -0.2) is 28.8 Å². The van der Waals surface area contributed by atoms with Gasteiger partial charge < -0.3 is 33.5 Å². The van der Waals surface area contributed by atoms with Crippen LogP contribution in [0.2, 0.25) is 0 Å². The minimum Gasteiger partial charge on any atom is -0.479 e. The summed E-state index contributed by atoms with van der Waals surface area (Å²) < 4.78 is 28.8. The number of ether oxygens (including phenoxy) is 6. The third-order valence-electron chi connectivity index (χ3n) is 4.24. The molecule has 0 aromatic heterocycles. The largest absolute Gasteiger partial charge is 0.479 e. The van der Waals surface area contributed by atoms with Crippen LogP contribution in [0, 0.1) is 5.92 Å². The molecule has 0 unspecified atom stereocenters. The number of esters is 6. The molecule has 6 atom stereocenters. The van der Waals surface area contributed by atoms with Crippen molar-refractivity contribution in [2.75, 3.05) is 0 Å². The summed E-state index contributed by atoms with van der Waals surface area (Å²) in [6.07, 6.45) is -8.76. The van der Waals surface area contributed by atoms with Crippen molar-refractivity contribution in [3.8, 4) is 0 Å². The molecule has 0 saturated heterocycles. The Labute approximate surface area is 207 Å². The van der Waals surface area contributed by atoms with Gasteiger partial charge in [-0.15, -0.1) is 0 Å². The van der Waals surface area contributed by atoms with E-state index in [1.165, 1.54) is 13.8 Å². The highest BCUT2D eigenvalue weighted by Gasteiger charge is 2.32. The van der Waals surface area contributed by atoms with E-state index in [1.807, 2.05) is 0 Å². The maximum absolute atomic E-state index is 12.1. The highest BCUT2D eigenvalue weighted by Crippen LogP contribution is 2.09. The molecule has 0 aliphatic rings. The zero-order valence-corrected chi connectivity index (χ0v) is 21.3. The lowest BCUT2D eigenvalue weighted by atomic mass is 10.2. The maximum Gasteiger partial charge on any atom is 0.347 e. The molecule has 14 heteroatoms. The average molecular weight is 520 g/mol. The fourth-order valence-corrected chi connectivity index (χ4v) is 1.95. The molecule has 0 aromatic rings. The Morgan fingerprint density at radius 2 is 0.583 bits per heavy atom. The average Bonchev–Trinajstić information content (AvgIpc) is 2.77. The summed E-state index contributed by atoms with van der Waals surface area (Å²) in [4.78, 5) is 82.3. The van der Waals surface area contributed by atoms with E-state index in [1.54, 1.807) is 13.8 Å². The van der Waals surface area contributed by atoms with Crippen LogP contribution in [-0.2, 0) is 62.0 Å². The molecule has 0 amide bonds. The fourth-order valence-electron chi connectivity index (χ4n) is 1.95. The number of hydrogen-bond acceptors (Lipinski definition) is 13. The second-order valence-electron chi connectivity index (χ2n) is 7.97. The number of carboxylic acids is 1. The molecule has 204 valence electrons. The first kappa shape index (κ1) is 32.3. The zero-order valence-electron chi connectivity index (χ0n) is 21.3. The maximum atomic E-state index is 12.1. The number of hydrogen-bond donors (Lipinski definition) is 1. The summed E-state index contributed by atoms with van der Waals surface area (Å²) in [5.74, 6) is -8.08. The summed E-state index contributed by atoms with van der Waals surface area (Å²) in [6, 6.07) is 0. The Balaban J connectivity index is 4.71. The van der Waals surface area contributed by atoms with Crippen LogP contribution in [0.5, 0.6) is 0 Å². The SMILES string of the molecule is CC(C)C(=O)O[C@@H](C)C(=O)O[C@@H](C)C(=O)O[C@@H](C)C(=O)O[C@@H](C)C(=O)O[C@@H](C)C(=O)O[C@@H](C)C(=O)O. The Kier molecular flexibility index (Phi) is 13.1. The van der Waals surface area contributed by atoms with Crippen LogP contribution in [0.4, 0.5) is 0 Å². The van der Waals surface area contributed by atoms with E-state index in [-0.39, 0.29) is 0 Å². The van der Waals surface area contributed by atoms with E-state index in [0.717, 1.165) is 27.7 Å². The Morgan fingerprint density at radius 1 is 0.389 bits per heavy atom. The van der Waals surface area contributed by atoms with Gasteiger partial charge in [-0.1, -0.05) is 13.8 Å². The molecule has 0 fully saturated rings. The first-order valence-corrected chi connectivity index (χ1v) is 10.9. The highest BCUT2D eigenvalue weighted by molar-refractivity contribution is 5.87. The van der Waals surface area contributed by atoms with Crippen molar-refractivity contribution >= 4 is 41.8 Å². The quantitative estimate of drug-likeness (QED) is 0.257. The van der Waals surface area contributed by atoms with E-state index < -0.39 is 84.3 Å². The molecular formula is C22H32O14. The van der Waals surface area contributed by atoms with Gasteiger partial charge in [-0.05, 0) is 41.5 Å². The zero-order chi connectivity index (χ0) is 28.3. The molecule has 0 aromatic carbocycles. The predicted octanol–water partition coefficient (Wildman–Crippen LogP) is 0.317. The van der Waals surface area contributed by atoms with Crippen LogP contribution in [-0.4, -0.2) is 83.5 Å². The van der Waals surface area contributed by atoms with Gasteiger partial charge in [0.1, 0.15) is 0 Å². The van der Waals surface area contributed by atoms with Crippen molar-refractivity contribution in [1.82, 2.24) is 0 Å². The normalized spacial score (nSPS) is 15.7. The summed E-state index contributed by atoms with van der Waals surface area (Å²) in [5, 5.41) is 8.73. The molecule has 0 spiro atoms. The van der Waals surface area contributed by atoms with Crippen LogP contribution in [0.3, 0.4) is 0 Å². The van der Waals surface area contributed by atoms with Gasteiger partial charge in [0.15, 0.2) is 36.6 Å². The summed E-state index contributed by atoms with van der Waals surface area (Å²) >= 11 is 0. The molecule has 0 bridgehead atoms. The van der Waals surface area contributed by atoms with E-state index in [4.69, 9.17) is 28.8 Å². The summed E-state index contributed by atoms with van der Waals surface area (Å²) in [6.45, 7) is 10.0. The van der Waals surface area contributed by atoms with Gasteiger partial charge >= 0.3 is 41.8 Å². The number of carboxylic acid groups (broad SMARTS) is 1. The lowest BCUT2D eigenvalue weighted by Gasteiger charge is -2.20.